The van der Waals surface area contributed by atoms with E-state index >= 15 is 0 Å². The minimum atomic E-state index is -1.08. The highest BCUT2D eigenvalue weighted by molar-refractivity contribution is 6.64. The third-order valence-corrected chi connectivity index (χ3v) is 4.19. The van der Waals surface area contributed by atoms with E-state index < -0.39 is 34.4 Å². The molecule has 1 unspecified atom stereocenters. The quantitative estimate of drug-likeness (QED) is 0.406. The summed E-state index contributed by atoms with van der Waals surface area (Å²) in [7, 11) is 0. The number of ether oxygens (including phenoxy) is 1. The molecule has 0 spiro atoms. The number of halogens is 1. The maximum absolute atomic E-state index is 12.2. The van der Waals surface area contributed by atoms with Crippen molar-refractivity contribution in [1.82, 2.24) is 0 Å². The number of ketones is 3. The van der Waals surface area contributed by atoms with Crippen LogP contribution in [0.5, 0.6) is 11.5 Å². The molecule has 0 saturated carbocycles. The summed E-state index contributed by atoms with van der Waals surface area (Å²) in [5.74, 6) is -4.24. The minimum Gasteiger partial charge on any atom is -0.508 e. The summed E-state index contributed by atoms with van der Waals surface area (Å²) < 4.78 is 5.06. The first-order valence-electron chi connectivity index (χ1n) is 7.76. The number of hydrogen-bond donors (Lipinski definition) is 2. The van der Waals surface area contributed by atoms with Crippen molar-refractivity contribution < 1.29 is 34.1 Å². The average molecular weight is 369 g/mol. The summed E-state index contributed by atoms with van der Waals surface area (Å²) in [6, 6.07) is 2.30. The van der Waals surface area contributed by atoms with Crippen molar-refractivity contribution in [2.75, 3.05) is 6.61 Å². The molecule has 0 radical (unpaired) electrons. The van der Waals surface area contributed by atoms with Crippen molar-refractivity contribution in [2.24, 2.45) is 0 Å². The van der Waals surface area contributed by atoms with Crippen molar-refractivity contribution in [3.8, 4) is 11.5 Å². The summed E-state index contributed by atoms with van der Waals surface area (Å²) in [5.41, 5.74) is 0.185. The second-order valence-corrected chi connectivity index (χ2v) is 6.37. The van der Waals surface area contributed by atoms with Gasteiger partial charge in [-0.05, 0) is 30.9 Å². The number of alkyl halides is 1. The van der Waals surface area contributed by atoms with Gasteiger partial charge in [0.2, 0.25) is 11.6 Å². The van der Waals surface area contributed by atoms with Crippen LogP contribution in [0.1, 0.15) is 41.6 Å². The van der Waals surface area contributed by atoms with E-state index in [0.29, 0.717) is 0 Å². The molecule has 0 saturated heterocycles. The number of aryl methyl sites for hydroxylation is 1. The number of benzene rings is 1. The number of cyclic esters (lactones) is 1. The lowest BCUT2D eigenvalue weighted by Gasteiger charge is -2.14. The topological polar surface area (TPSA) is 118 Å². The Labute approximate surface area is 148 Å². The molecule has 134 valence electrons. The Bertz CT molecular complexity index is 726. The number of carbonyl (C=O) groups is 4. The summed E-state index contributed by atoms with van der Waals surface area (Å²) >= 11 is 5.94. The largest absolute Gasteiger partial charge is 0.508 e. The van der Waals surface area contributed by atoms with Gasteiger partial charge in [0.1, 0.15) is 17.1 Å². The van der Waals surface area contributed by atoms with Crippen LogP contribution in [-0.4, -0.2) is 45.5 Å². The predicted molar refractivity (Wildman–Crippen MR) is 86.9 cm³/mol. The third-order valence-electron chi connectivity index (χ3n) is 3.82. The number of phenolic OH excluding ortho intramolecular Hbond substituents is 2. The summed E-state index contributed by atoms with van der Waals surface area (Å²) in [4.78, 5) is 47.5. The minimum absolute atomic E-state index is 0.101. The van der Waals surface area contributed by atoms with Crippen molar-refractivity contribution in [2.45, 2.75) is 37.5 Å². The van der Waals surface area contributed by atoms with E-state index in [0.717, 1.165) is 6.07 Å². The van der Waals surface area contributed by atoms with Crippen LogP contribution in [0.2, 0.25) is 0 Å². The predicted octanol–water partition coefficient (Wildman–Crippen LogP) is 1.69. The van der Waals surface area contributed by atoms with Crippen molar-refractivity contribution in [3.05, 3.63) is 23.3 Å². The molecule has 1 aromatic carbocycles. The van der Waals surface area contributed by atoms with Crippen molar-refractivity contribution >= 4 is 34.9 Å². The monoisotopic (exact) mass is 368 g/mol. The second kappa shape index (κ2) is 8.11. The molecule has 2 N–H and O–H groups in total. The first kappa shape index (κ1) is 18.9. The van der Waals surface area contributed by atoms with E-state index in [-0.39, 0.29) is 55.6 Å². The van der Waals surface area contributed by atoms with E-state index in [9.17, 15) is 29.4 Å². The first-order chi connectivity index (χ1) is 11.8. The van der Waals surface area contributed by atoms with Crippen LogP contribution in [0.25, 0.3) is 0 Å². The zero-order valence-corrected chi connectivity index (χ0v) is 14.0. The van der Waals surface area contributed by atoms with Gasteiger partial charge in [0.25, 0.3) is 5.78 Å². The molecule has 1 aromatic rings. The first-order valence-corrected chi connectivity index (χ1v) is 8.19. The number of fused-ring (bicyclic) bond motifs is 1. The van der Waals surface area contributed by atoms with E-state index in [1.165, 1.54) is 6.07 Å². The van der Waals surface area contributed by atoms with Gasteiger partial charge in [-0.2, -0.15) is 0 Å². The van der Waals surface area contributed by atoms with Gasteiger partial charge in [0.15, 0.2) is 0 Å². The van der Waals surface area contributed by atoms with Gasteiger partial charge in [-0.25, -0.2) is 4.79 Å². The van der Waals surface area contributed by atoms with Gasteiger partial charge in [0.05, 0.1) is 6.61 Å². The summed E-state index contributed by atoms with van der Waals surface area (Å²) in [5, 5.41) is 18.8. The molecule has 0 fully saturated rings. The fraction of sp³-hybridized carbons (Fsp3) is 0.412. The fourth-order valence-electron chi connectivity index (χ4n) is 2.56. The Morgan fingerprint density at radius 1 is 1.04 bits per heavy atom. The van der Waals surface area contributed by atoms with Gasteiger partial charge < -0.3 is 14.9 Å². The Morgan fingerprint density at radius 3 is 2.48 bits per heavy atom. The Hall–Kier alpha value is -2.41. The van der Waals surface area contributed by atoms with Crippen LogP contribution >= 0.6 is 11.6 Å². The highest BCUT2D eigenvalue weighted by Gasteiger charge is 2.26. The van der Waals surface area contributed by atoms with Gasteiger partial charge in [-0.1, -0.05) is 0 Å². The van der Waals surface area contributed by atoms with Crippen LogP contribution in [0.15, 0.2) is 12.1 Å². The Morgan fingerprint density at radius 2 is 1.76 bits per heavy atom. The Balaban J connectivity index is 2.30. The van der Waals surface area contributed by atoms with Gasteiger partial charge in [0, 0.05) is 24.3 Å². The van der Waals surface area contributed by atoms with Crippen LogP contribution in [0, 0.1) is 0 Å². The lowest BCUT2D eigenvalue weighted by molar-refractivity contribution is -0.144. The molecular weight excluding hydrogens is 352 g/mol. The summed E-state index contributed by atoms with van der Waals surface area (Å²) in [6.07, 6.45) is -0.0976. The number of aromatic hydroxyl groups is 2. The van der Waals surface area contributed by atoms with E-state index in [1.807, 2.05) is 0 Å². The van der Waals surface area contributed by atoms with Crippen LogP contribution in [-0.2, 0) is 25.5 Å². The van der Waals surface area contributed by atoms with Crippen LogP contribution < -0.4 is 0 Å². The molecule has 1 atom stereocenters. The molecule has 8 heteroatoms. The third kappa shape index (κ3) is 4.79. The standard InChI is InChI=1S/C17H17ClO7/c18-10-4-5-25-17(24)15-9(6-11(19)8-13(15)21)2-1-3-12(20)16(23)14(22)7-10/h6,8,10,19,21H,1-5,7H2. The molecule has 0 bridgehead atoms. The number of carbonyl (C=O) groups excluding carboxylic acids is 4. The zero-order valence-electron chi connectivity index (χ0n) is 13.3. The molecule has 1 heterocycles. The van der Waals surface area contributed by atoms with Crippen molar-refractivity contribution in [3.63, 3.8) is 0 Å². The number of hydrogen-bond acceptors (Lipinski definition) is 7. The smallest absolute Gasteiger partial charge is 0.342 e. The highest BCUT2D eigenvalue weighted by atomic mass is 35.5. The number of esters is 1. The lowest BCUT2D eigenvalue weighted by Crippen LogP contribution is -2.27. The number of Topliss-reactive ketones (excluding diaryl/α,β-unsaturated/α-hetero) is 3. The molecule has 0 amide bonds. The number of rotatable bonds is 0. The molecule has 1 aliphatic rings. The van der Waals surface area contributed by atoms with E-state index in [2.05, 4.69) is 0 Å². The van der Waals surface area contributed by atoms with Gasteiger partial charge >= 0.3 is 5.97 Å². The van der Waals surface area contributed by atoms with Gasteiger partial charge in [-0.3, -0.25) is 14.4 Å². The molecule has 0 aromatic heterocycles. The fourth-order valence-corrected chi connectivity index (χ4v) is 2.79. The van der Waals surface area contributed by atoms with Gasteiger partial charge in [-0.15, -0.1) is 11.6 Å². The number of phenols is 2. The molecule has 0 aliphatic carbocycles. The highest BCUT2D eigenvalue weighted by Crippen LogP contribution is 2.29. The molecular formula is C17H17ClO7. The lowest BCUT2D eigenvalue weighted by atomic mass is 9.97. The Kier molecular flexibility index (Phi) is 6.14. The van der Waals surface area contributed by atoms with Crippen LogP contribution in [0.4, 0.5) is 0 Å². The van der Waals surface area contributed by atoms with E-state index in [4.69, 9.17) is 16.3 Å². The summed E-state index contributed by atoms with van der Waals surface area (Å²) in [6.45, 7) is -0.123. The molecule has 7 nitrogen and oxygen atoms in total. The molecule has 2 rings (SSSR count). The maximum Gasteiger partial charge on any atom is 0.342 e. The van der Waals surface area contributed by atoms with Crippen molar-refractivity contribution in [1.29, 1.82) is 0 Å². The zero-order chi connectivity index (χ0) is 18.6. The molecule has 1 aliphatic heterocycles. The normalized spacial score (nSPS) is 20.6. The SMILES string of the molecule is O=C1CCCc2cc(O)cc(O)c2C(=O)OCCC(Cl)CC(=O)C1=O. The van der Waals surface area contributed by atoms with E-state index in [1.54, 1.807) is 0 Å². The second-order valence-electron chi connectivity index (χ2n) is 5.75. The maximum atomic E-state index is 12.2. The molecule has 25 heavy (non-hydrogen) atoms. The average Bonchev–Trinajstić information content (AvgIpc) is 2.52. The van der Waals surface area contributed by atoms with Crippen LogP contribution in [0.3, 0.4) is 0 Å².